The normalized spacial score (nSPS) is 13.3. The van der Waals surface area contributed by atoms with Gasteiger partial charge in [0.15, 0.2) is 0 Å². The van der Waals surface area contributed by atoms with E-state index in [1.165, 1.54) is 17.2 Å². The number of carbonyl (C=O) groups is 2. The number of anilines is 2. The van der Waals surface area contributed by atoms with Crippen molar-refractivity contribution < 1.29 is 14.0 Å². The van der Waals surface area contributed by atoms with Crippen LogP contribution in [0.1, 0.15) is 15.9 Å². The number of halogens is 2. The molecular weight excluding hydrogens is 335 g/mol. The molecule has 0 saturated carbocycles. The SMILES string of the molecule is CN1C(=O)CNc2ncc(C(=O)NCc3cccc(Cl)c3F)cc21. The van der Waals surface area contributed by atoms with Gasteiger partial charge in [-0.1, -0.05) is 23.7 Å². The second kappa shape index (κ2) is 6.45. The number of pyridine rings is 1. The number of fused-ring (bicyclic) bond motifs is 1. The topological polar surface area (TPSA) is 74.3 Å². The van der Waals surface area contributed by atoms with Crippen molar-refractivity contribution >= 4 is 34.9 Å². The summed E-state index contributed by atoms with van der Waals surface area (Å²) in [4.78, 5) is 29.5. The summed E-state index contributed by atoms with van der Waals surface area (Å²) >= 11 is 5.71. The van der Waals surface area contributed by atoms with Crippen LogP contribution >= 0.6 is 11.6 Å². The summed E-state index contributed by atoms with van der Waals surface area (Å²) in [6.45, 7) is 0.158. The Morgan fingerprint density at radius 2 is 2.29 bits per heavy atom. The van der Waals surface area contributed by atoms with Gasteiger partial charge < -0.3 is 15.5 Å². The van der Waals surface area contributed by atoms with E-state index in [4.69, 9.17) is 11.6 Å². The summed E-state index contributed by atoms with van der Waals surface area (Å²) in [6.07, 6.45) is 1.40. The summed E-state index contributed by atoms with van der Waals surface area (Å²) in [6, 6.07) is 6.16. The number of aromatic nitrogens is 1. The molecule has 124 valence electrons. The average molecular weight is 349 g/mol. The molecule has 1 aromatic heterocycles. The number of carbonyl (C=O) groups excluding carboxylic acids is 2. The molecule has 0 saturated heterocycles. The lowest BCUT2D eigenvalue weighted by Gasteiger charge is -2.26. The standard InChI is InChI=1S/C16H14ClFN4O2/c1-22-12-5-10(7-19-15(12)20-8-13(22)23)16(24)21-6-9-3-2-4-11(17)14(9)18/h2-5,7H,6,8H2,1H3,(H,19,20)(H,21,24). The van der Waals surface area contributed by atoms with Crippen LogP contribution in [0.4, 0.5) is 15.9 Å². The Bertz CT molecular complexity index is 828. The zero-order valence-corrected chi connectivity index (χ0v) is 13.5. The number of nitrogens with zero attached hydrogens (tertiary/aromatic N) is 2. The van der Waals surface area contributed by atoms with Crippen LogP contribution in [-0.4, -0.2) is 30.4 Å². The van der Waals surface area contributed by atoms with Crippen LogP contribution in [0.5, 0.6) is 0 Å². The van der Waals surface area contributed by atoms with E-state index < -0.39 is 11.7 Å². The second-order valence-corrected chi connectivity index (χ2v) is 5.70. The highest BCUT2D eigenvalue weighted by Crippen LogP contribution is 2.27. The first-order valence-corrected chi connectivity index (χ1v) is 7.56. The minimum Gasteiger partial charge on any atom is -0.359 e. The first-order chi connectivity index (χ1) is 11.5. The smallest absolute Gasteiger partial charge is 0.253 e. The summed E-state index contributed by atoms with van der Waals surface area (Å²) in [5.41, 5.74) is 1.09. The molecule has 3 rings (SSSR count). The van der Waals surface area contributed by atoms with Gasteiger partial charge in [0, 0.05) is 25.4 Å². The largest absolute Gasteiger partial charge is 0.359 e. The van der Waals surface area contributed by atoms with Crippen molar-refractivity contribution in [3.63, 3.8) is 0 Å². The van der Waals surface area contributed by atoms with E-state index in [-0.39, 0.29) is 35.1 Å². The Balaban J connectivity index is 1.76. The minimum atomic E-state index is -0.558. The summed E-state index contributed by atoms with van der Waals surface area (Å²) in [7, 11) is 1.62. The van der Waals surface area contributed by atoms with E-state index >= 15 is 0 Å². The predicted molar refractivity (Wildman–Crippen MR) is 88.7 cm³/mol. The minimum absolute atomic E-state index is 0.00316. The molecule has 2 aromatic rings. The molecule has 0 spiro atoms. The highest BCUT2D eigenvalue weighted by Gasteiger charge is 2.23. The molecule has 1 aromatic carbocycles. The van der Waals surface area contributed by atoms with E-state index in [9.17, 15) is 14.0 Å². The van der Waals surface area contributed by atoms with Gasteiger partial charge >= 0.3 is 0 Å². The van der Waals surface area contributed by atoms with Crippen LogP contribution in [0.3, 0.4) is 0 Å². The molecule has 1 aliphatic heterocycles. The molecule has 8 heteroatoms. The molecular formula is C16H14ClFN4O2. The molecule has 2 heterocycles. The average Bonchev–Trinajstić information content (AvgIpc) is 2.59. The Hall–Kier alpha value is -2.67. The molecule has 2 N–H and O–H groups in total. The molecule has 0 unspecified atom stereocenters. The Kier molecular flexibility index (Phi) is 4.35. The lowest BCUT2D eigenvalue weighted by Crippen LogP contribution is -2.37. The fraction of sp³-hybridized carbons (Fsp3) is 0.188. The van der Waals surface area contributed by atoms with Crippen LogP contribution in [0.25, 0.3) is 0 Å². The maximum atomic E-state index is 13.8. The number of hydrogen-bond acceptors (Lipinski definition) is 4. The van der Waals surface area contributed by atoms with Gasteiger partial charge in [-0.05, 0) is 12.1 Å². The quantitative estimate of drug-likeness (QED) is 0.891. The summed E-state index contributed by atoms with van der Waals surface area (Å²) < 4.78 is 13.8. The zero-order chi connectivity index (χ0) is 17.3. The Morgan fingerprint density at radius 1 is 1.50 bits per heavy atom. The Labute approximate surface area is 142 Å². The molecule has 0 radical (unpaired) electrons. The molecule has 2 amide bonds. The van der Waals surface area contributed by atoms with Crippen molar-refractivity contribution in [2.75, 3.05) is 23.8 Å². The third kappa shape index (κ3) is 3.03. The van der Waals surface area contributed by atoms with E-state index in [1.54, 1.807) is 25.2 Å². The number of likely N-dealkylation sites (N-methyl/N-ethyl adjacent to an activating group) is 1. The van der Waals surface area contributed by atoms with Gasteiger partial charge in [0.2, 0.25) is 5.91 Å². The number of hydrogen-bond donors (Lipinski definition) is 2. The van der Waals surface area contributed by atoms with Gasteiger partial charge in [-0.15, -0.1) is 0 Å². The van der Waals surface area contributed by atoms with Crippen molar-refractivity contribution in [1.29, 1.82) is 0 Å². The van der Waals surface area contributed by atoms with Crippen LogP contribution in [-0.2, 0) is 11.3 Å². The van der Waals surface area contributed by atoms with E-state index in [2.05, 4.69) is 15.6 Å². The highest BCUT2D eigenvalue weighted by molar-refractivity contribution is 6.30. The molecule has 0 bridgehead atoms. The lowest BCUT2D eigenvalue weighted by atomic mass is 10.2. The molecule has 0 aliphatic carbocycles. The number of rotatable bonds is 3. The van der Waals surface area contributed by atoms with E-state index in [0.717, 1.165) is 0 Å². The number of benzene rings is 1. The second-order valence-electron chi connectivity index (χ2n) is 5.29. The van der Waals surface area contributed by atoms with Crippen molar-refractivity contribution in [3.8, 4) is 0 Å². The van der Waals surface area contributed by atoms with Gasteiger partial charge in [0.25, 0.3) is 5.91 Å². The third-order valence-corrected chi connectivity index (χ3v) is 4.04. The maximum Gasteiger partial charge on any atom is 0.253 e. The lowest BCUT2D eigenvalue weighted by molar-refractivity contribution is -0.116. The van der Waals surface area contributed by atoms with Crippen LogP contribution in [0.15, 0.2) is 30.5 Å². The molecule has 0 atom stereocenters. The number of amides is 2. The third-order valence-electron chi connectivity index (χ3n) is 3.74. The van der Waals surface area contributed by atoms with Gasteiger partial charge in [-0.3, -0.25) is 9.59 Å². The summed E-state index contributed by atoms with van der Waals surface area (Å²) in [5, 5.41) is 5.50. The van der Waals surface area contributed by atoms with Crippen molar-refractivity contribution in [2.24, 2.45) is 0 Å². The van der Waals surface area contributed by atoms with Crippen LogP contribution < -0.4 is 15.5 Å². The van der Waals surface area contributed by atoms with Crippen LogP contribution in [0, 0.1) is 5.82 Å². The first kappa shape index (κ1) is 16.2. The van der Waals surface area contributed by atoms with Crippen molar-refractivity contribution in [3.05, 3.63) is 52.4 Å². The Morgan fingerprint density at radius 3 is 3.08 bits per heavy atom. The van der Waals surface area contributed by atoms with Gasteiger partial charge in [-0.25, -0.2) is 9.37 Å². The summed E-state index contributed by atoms with van der Waals surface area (Å²) in [5.74, 6) is -0.564. The monoisotopic (exact) mass is 348 g/mol. The molecule has 1 aliphatic rings. The van der Waals surface area contributed by atoms with Crippen molar-refractivity contribution in [2.45, 2.75) is 6.54 Å². The van der Waals surface area contributed by atoms with Crippen LogP contribution in [0.2, 0.25) is 5.02 Å². The van der Waals surface area contributed by atoms with Gasteiger partial charge in [0.1, 0.15) is 11.6 Å². The molecule has 6 nitrogen and oxygen atoms in total. The fourth-order valence-electron chi connectivity index (χ4n) is 2.34. The first-order valence-electron chi connectivity index (χ1n) is 7.19. The van der Waals surface area contributed by atoms with Gasteiger partial charge in [0.05, 0.1) is 22.8 Å². The van der Waals surface area contributed by atoms with Gasteiger partial charge in [-0.2, -0.15) is 0 Å². The maximum absolute atomic E-state index is 13.8. The highest BCUT2D eigenvalue weighted by atomic mass is 35.5. The fourth-order valence-corrected chi connectivity index (χ4v) is 2.54. The molecule has 0 fully saturated rings. The van der Waals surface area contributed by atoms with E-state index in [1.807, 2.05) is 0 Å². The zero-order valence-electron chi connectivity index (χ0n) is 12.8. The number of nitrogens with one attached hydrogen (secondary N) is 2. The van der Waals surface area contributed by atoms with E-state index in [0.29, 0.717) is 11.5 Å². The molecule has 24 heavy (non-hydrogen) atoms. The van der Waals surface area contributed by atoms with Crippen molar-refractivity contribution in [1.82, 2.24) is 10.3 Å². The predicted octanol–water partition coefficient (Wildman–Crippen LogP) is 2.19.